The molecule has 0 radical (unpaired) electrons. The van der Waals surface area contributed by atoms with E-state index in [-0.39, 0.29) is 5.60 Å². The van der Waals surface area contributed by atoms with Crippen LogP contribution in [0.4, 0.5) is 0 Å². The van der Waals surface area contributed by atoms with E-state index in [1.165, 1.54) is 24.0 Å². The first kappa shape index (κ1) is 14.4. The van der Waals surface area contributed by atoms with Crippen LogP contribution < -0.4 is 10.1 Å². The van der Waals surface area contributed by atoms with E-state index in [0.29, 0.717) is 6.04 Å². The number of unbranched alkanes of at least 4 members (excludes halogenated alkanes) is 1. The van der Waals surface area contributed by atoms with Crippen molar-refractivity contribution in [3.05, 3.63) is 29.3 Å². The maximum atomic E-state index is 6.42. The highest BCUT2D eigenvalue weighted by Gasteiger charge is 2.38. The lowest BCUT2D eigenvalue weighted by Gasteiger charge is -2.42. The molecule has 106 valence electrons. The second-order valence-electron chi connectivity index (χ2n) is 5.83. The summed E-state index contributed by atoms with van der Waals surface area (Å²) in [6.45, 7) is 6.65. The summed E-state index contributed by atoms with van der Waals surface area (Å²) < 4.78 is 6.42. The third-order valence-corrected chi connectivity index (χ3v) is 4.42. The number of hydrogen-bond acceptors (Lipinski definition) is 2. The normalized spacial score (nSPS) is 25.8. The van der Waals surface area contributed by atoms with Crippen molar-refractivity contribution in [2.24, 2.45) is 0 Å². The topological polar surface area (TPSA) is 21.3 Å². The van der Waals surface area contributed by atoms with Crippen molar-refractivity contribution in [1.82, 2.24) is 5.32 Å². The summed E-state index contributed by atoms with van der Waals surface area (Å²) in [5.41, 5.74) is 2.65. The largest absolute Gasteiger partial charge is 0.487 e. The highest BCUT2D eigenvalue weighted by molar-refractivity contribution is 5.41. The van der Waals surface area contributed by atoms with E-state index in [1.807, 2.05) is 0 Å². The molecule has 0 saturated carbocycles. The zero-order valence-corrected chi connectivity index (χ0v) is 12.8. The highest BCUT2D eigenvalue weighted by atomic mass is 16.5. The van der Waals surface area contributed by atoms with E-state index in [0.717, 1.165) is 25.0 Å². The molecule has 2 atom stereocenters. The lowest BCUT2D eigenvalue weighted by molar-refractivity contribution is 0.0175. The number of fused-ring (bicyclic) bond motifs is 1. The third-order valence-electron chi connectivity index (χ3n) is 4.42. The van der Waals surface area contributed by atoms with E-state index >= 15 is 0 Å². The van der Waals surface area contributed by atoms with Crippen molar-refractivity contribution in [3.63, 3.8) is 0 Å². The Balaban J connectivity index is 2.32. The van der Waals surface area contributed by atoms with E-state index in [1.54, 1.807) is 0 Å². The lowest BCUT2D eigenvalue weighted by atomic mass is 9.81. The fourth-order valence-corrected chi connectivity index (χ4v) is 3.09. The van der Waals surface area contributed by atoms with Crippen LogP contribution in [0.5, 0.6) is 5.75 Å². The highest BCUT2D eigenvalue weighted by Crippen LogP contribution is 2.43. The van der Waals surface area contributed by atoms with Crippen LogP contribution >= 0.6 is 0 Å². The smallest absolute Gasteiger partial charge is 0.124 e. The molecule has 2 rings (SSSR count). The number of ether oxygens (including phenoxy) is 1. The molecule has 1 aromatic rings. The van der Waals surface area contributed by atoms with Crippen LogP contribution in [-0.4, -0.2) is 12.6 Å². The van der Waals surface area contributed by atoms with Crippen molar-refractivity contribution in [2.75, 3.05) is 7.05 Å². The van der Waals surface area contributed by atoms with Gasteiger partial charge in [-0.3, -0.25) is 0 Å². The molecule has 1 aromatic carbocycles. The molecular weight excluding hydrogens is 234 g/mol. The number of aryl methyl sites for hydroxylation is 1. The van der Waals surface area contributed by atoms with Gasteiger partial charge in [0.05, 0.1) is 0 Å². The molecule has 0 amide bonds. The molecule has 2 heteroatoms. The molecule has 19 heavy (non-hydrogen) atoms. The molecule has 0 aromatic heterocycles. The molecule has 0 spiro atoms. The summed E-state index contributed by atoms with van der Waals surface area (Å²) in [5.74, 6) is 1.08. The van der Waals surface area contributed by atoms with Crippen LogP contribution in [0.3, 0.4) is 0 Å². The second-order valence-corrected chi connectivity index (χ2v) is 5.83. The molecule has 1 heterocycles. The van der Waals surface area contributed by atoms with Crippen molar-refractivity contribution < 1.29 is 4.74 Å². The molecule has 0 saturated heterocycles. The van der Waals surface area contributed by atoms with Gasteiger partial charge in [-0.15, -0.1) is 0 Å². The monoisotopic (exact) mass is 261 g/mol. The van der Waals surface area contributed by atoms with Crippen molar-refractivity contribution in [2.45, 2.75) is 64.5 Å². The molecular formula is C17H27NO. The van der Waals surface area contributed by atoms with Gasteiger partial charge in [0.15, 0.2) is 0 Å². The Morgan fingerprint density at radius 2 is 2.16 bits per heavy atom. The molecule has 0 bridgehead atoms. The first-order chi connectivity index (χ1) is 9.14. The maximum Gasteiger partial charge on any atom is 0.124 e. The molecule has 0 fully saturated rings. The standard InChI is InChI=1S/C17H27NO/c1-5-7-10-17(6-2)12-15(18-4)14-11-13(3)8-9-16(14)19-17/h8-9,11,15,18H,5-7,10,12H2,1-4H3. The van der Waals surface area contributed by atoms with E-state index < -0.39 is 0 Å². The molecule has 1 N–H and O–H groups in total. The average Bonchev–Trinajstić information content (AvgIpc) is 2.44. The van der Waals surface area contributed by atoms with E-state index in [9.17, 15) is 0 Å². The zero-order chi connectivity index (χ0) is 13.9. The van der Waals surface area contributed by atoms with Gasteiger partial charge in [0, 0.05) is 18.0 Å². The second kappa shape index (κ2) is 5.96. The SMILES string of the molecule is CCCCC1(CC)CC(NC)c2cc(C)ccc2O1. The maximum absolute atomic E-state index is 6.42. The fourth-order valence-electron chi connectivity index (χ4n) is 3.09. The van der Waals surface area contributed by atoms with Crippen LogP contribution in [0.2, 0.25) is 0 Å². The van der Waals surface area contributed by atoms with Crippen molar-refractivity contribution in [1.29, 1.82) is 0 Å². The first-order valence-corrected chi connectivity index (χ1v) is 7.61. The Hall–Kier alpha value is -1.02. The number of benzene rings is 1. The van der Waals surface area contributed by atoms with Crippen LogP contribution in [0.25, 0.3) is 0 Å². The lowest BCUT2D eigenvalue weighted by Crippen LogP contribution is -2.43. The summed E-state index contributed by atoms with van der Waals surface area (Å²) in [5, 5.41) is 3.47. The molecule has 2 nitrogen and oxygen atoms in total. The molecule has 1 aliphatic rings. The Bertz CT molecular complexity index is 429. The summed E-state index contributed by atoms with van der Waals surface area (Å²) in [7, 11) is 2.06. The van der Waals surface area contributed by atoms with Crippen LogP contribution in [0.1, 0.15) is 63.1 Å². The predicted molar refractivity (Wildman–Crippen MR) is 80.8 cm³/mol. The van der Waals surface area contributed by atoms with Crippen LogP contribution in [0, 0.1) is 6.92 Å². The van der Waals surface area contributed by atoms with Gasteiger partial charge < -0.3 is 10.1 Å². The fraction of sp³-hybridized carbons (Fsp3) is 0.647. The minimum atomic E-state index is 0.0198. The molecule has 0 aliphatic carbocycles. The first-order valence-electron chi connectivity index (χ1n) is 7.61. The Kier molecular flexibility index (Phi) is 4.51. The quantitative estimate of drug-likeness (QED) is 0.849. The summed E-state index contributed by atoms with van der Waals surface area (Å²) >= 11 is 0. The van der Waals surface area contributed by atoms with E-state index in [4.69, 9.17) is 4.74 Å². The van der Waals surface area contributed by atoms with E-state index in [2.05, 4.69) is 51.3 Å². The minimum Gasteiger partial charge on any atom is -0.487 e. The van der Waals surface area contributed by atoms with Crippen molar-refractivity contribution in [3.8, 4) is 5.75 Å². The van der Waals surface area contributed by atoms with Gasteiger partial charge in [-0.05, 0) is 39.3 Å². The summed E-state index contributed by atoms with van der Waals surface area (Å²) in [6.07, 6.45) is 5.79. The van der Waals surface area contributed by atoms with Gasteiger partial charge in [0.1, 0.15) is 11.4 Å². The van der Waals surface area contributed by atoms with Gasteiger partial charge in [0.25, 0.3) is 0 Å². The van der Waals surface area contributed by atoms with Gasteiger partial charge in [0.2, 0.25) is 0 Å². The molecule has 1 aliphatic heterocycles. The number of rotatable bonds is 5. The number of hydrogen-bond donors (Lipinski definition) is 1. The molecule has 2 unspecified atom stereocenters. The Morgan fingerprint density at radius 3 is 2.79 bits per heavy atom. The summed E-state index contributed by atoms with van der Waals surface area (Å²) in [6, 6.07) is 6.97. The third kappa shape index (κ3) is 2.94. The van der Waals surface area contributed by atoms with Crippen LogP contribution in [0.15, 0.2) is 18.2 Å². The minimum absolute atomic E-state index is 0.0198. The predicted octanol–water partition coefficient (Wildman–Crippen LogP) is 4.38. The zero-order valence-electron chi connectivity index (χ0n) is 12.8. The number of nitrogens with one attached hydrogen (secondary N) is 1. The van der Waals surface area contributed by atoms with Gasteiger partial charge in [-0.2, -0.15) is 0 Å². The Labute approximate surface area is 117 Å². The Morgan fingerprint density at radius 1 is 1.37 bits per heavy atom. The van der Waals surface area contributed by atoms with Gasteiger partial charge in [-0.25, -0.2) is 0 Å². The average molecular weight is 261 g/mol. The van der Waals surface area contributed by atoms with Crippen LogP contribution in [-0.2, 0) is 0 Å². The van der Waals surface area contributed by atoms with Gasteiger partial charge in [-0.1, -0.05) is 38.0 Å². The van der Waals surface area contributed by atoms with Gasteiger partial charge >= 0.3 is 0 Å². The van der Waals surface area contributed by atoms with Crippen molar-refractivity contribution >= 4 is 0 Å². The summed E-state index contributed by atoms with van der Waals surface area (Å²) in [4.78, 5) is 0.